The van der Waals surface area contributed by atoms with Gasteiger partial charge in [0.1, 0.15) is 5.75 Å². The van der Waals surface area contributed by atoms with Gasteiger partial charge in [0.2, 0.25) is 5.91 Å². The van der Waals surface area contributed by atoms with E-state index in [-0.39, 0.29) is 11.8 Å². The first-order valence-corrected chi connectivity index (χ1v) is 15.8. The van der Waals surface area contributed by atoms with Crippen LogP contribution in [0.1, 0.15) is 72.1 Å². The highest BCUT2D eigenvalue weighted by Gasteiger charge is 2.29. The minimum Gasteiger partial charge on any atom is -0.478 e. The predicted octanol–water partition coefficient (Wildman–Crippen LogP) is 7.80. The summed E-state index contributed by atoms with van der Waals surface area (Å²) in [6.45, 7) is 7.82. The Kier molecular flexibility index (Phi) is 22.1. The number of amides is 2. The Morgan fingerprint density at radius 1 is 0.698 bits per heavy atom. The molecule has 236 valence electrons. The van der Waals surface area contributed by atoms with Gasteiger partial charge in [0.15, 0.2) is 5.60 Å². The van der Waals surface area contributed by atoms with Gasteiger partial charge in [-0.05, 0) is 83.1 Å². The van der Waals surface area contributed by atoms with E-state index in [2.05, 4.69) is 95.8 Å². The number of hydrogen-bond acceptors (Lipinski definition) is 4. The number of ether oxygens (including phenoxy) is 1. The molecule has 0 atom stereocenters. The Hall–Kier alpha value is -3.35. The Balaban J connectivity index is 1.98. The molecule has 1 aromatic carbocycles. The van der Waals surface area contributed by atoms with E-state index in [0.717, 1.165) is 44.9 Å². The number of rotatable bonds is 23. The zero-order chi connectivity index (χ0) is 31.4. The highest BCUT2D eigenvalue weighted by molar-refractivity contribution is 6.30. The molecule has 0 fully saturated rings. The molecule has 0 bridgehead atoms. The van der Waals surface area contributed by atoms with Gasteiger partial charge in [0.25, 0.3) is 5.91 Å². The lowest BCUT2D eigenvalue weighted by atomic mass is 10.1. The molecule has 0 heterocycles. The fraction of sp³-hybridized carbons (Fsp3) is 0.444. The van der Waals surface area contributed by atoms with Crippen LogP contribution in [0, 0.1) is 0 Å². The van der Waals surface area contributed by atoms with Crippen LogP contribution in [0.4, 0.5) is 0 Å². The number of carbonyl (C=O) groups excluding carboxylic acids is 2. The van der Waals surface area contributed by atoms with Gasteiger partial charge in [-0.25, -0.2) is 0 Å². The van der Waals surface area contributed by atoms with Crippen molar-refractivity contribution in [3.8, 4) is 5.75 Å². The Morgan fingerprint density at radius 3 is 1.67 bits per heavy atom. The summed E-state index contributed by atoms with van der Waals surface area (Å²) >= 11 is 5.89. The van der Waals surface area contributed by atoms with Gasteiger partial charge >= 0.3 is 0 Å². The molecule has 0 aromatic heterocycles. The Bertz CT molecular complexity index is 1070. The van der Waals surface area contributed by atoms with Crippen LogP contribution in [0.2, 0.25) is 5.02 Å². The van der Waals surface area contributed by atoms with Gasteiger partial charge in [0.05, 0.1) is 0 Å². The van der Waals surface area contributed by atoms with Crippen LogP contribution in [0.5, 0.6) is 5.75 Å². The zero-order valence-electron chi connectivity index (χ0n) is 26.3. The van der Waals surface area contributed by atoms with Crippen molar-refractivity contribution in [3.05, 3.63) is 102 Å². The monoisotopic (exact) mass is 609 g/mol. The fourth-order valence-electron chi connectivity index (χ4n) is 3.68. The molecule has 1 rings (SSSR count). The van der Waals surface area contributed by atoms with Crippen LogP contribution < -0.4 is 20.7 Å². The number of hydrogen-bond donors (Lipinski definition) is 3. The molecular formula is C36H52ClN3O3. The first kappa shape index (κ1) is 37.7. The average molecular weight is 610 g/mol. The average Bonchev–Trinajstić information content (AvgIpc) is 2.98. The number of halogens is 1. The predicted molar refractivity (Wildman–Crippen MR) is 182 cm³/mol. The van der Waals surface area contributed by atoms with Crippen molar-refractivity contribution in [2.75, 3.05) is 26.2 Å². The summed E-state index contributed by atoms with van der Waals surface area (Å²) in [5.41, 5.74) is -1.01. The highest BCUT2D eigenvalue weighted by atomic mass is 35.5. The SMILES string of the molecule is CCC=CCC=CCC=CCC=CCC=CCC=CCCC(=O)NCCNCCNC(=O)C(C)(C)Oc1ccc(Cl)cc1. The van der Waals surface area contributed by atoms with E-state index in [1.165, 1.54) is 0 Å². The molecule has 2 amide bonds. The van der Waals surface area contributed by atoms with Gasteiger partial charge in [-0.1, -0.05) is 91.4 Å². The molecular weight excluding hydrogens is 558 g/mol. The molecule has 7 heteroatoms. The molecule has 6 nitrogen and oxygen atoms in total. The standard InChI is InChI=1S/C36H52ClN3O3/c1-4-5-6-7-8-9-10-11-12-13-14-15-16-17-18-19-20-21-22-23-34(41)39-30-28-38-29-31-40-35(42)36(2,3)43-33-26-24-32(37)25-27-33/h5-6,8-9,11-12,14-15,17-18,20-21,24-27,38H,4,7,10,13,16,19,22-23,28-31H2,1-3H3,(H,39,41)(H,40,42). The molecule has 0 unspecified atom stereocenters. The van der Waals surface area contributed by atoms with Crippen LogP contribution in [0.3, 0.4) is 0 Å². The second-order valence-corrected chi connectivity index (χ2v) is 10.8. The molecule has 0 saturated carbocycles. The second-order valence-electron chi connectivity index (χ2n) is 10.4. The summed E-state index contributed by atoms with van der Waals surface area (Å²) in [6.07, 6.45) is 33.1. The first-order valence-electron chi connectivity index (χ1n) is 15.5. The number of benzene rings is 1. The molecule has 0 spiro atoms. The number of allylic oxidation sites excluding steroid dienone is 12. The van der Waals surface area contributed by atoms with E-state index in [4.69, 9.17) is 16.3 Å². The third-order valence-electron chi connectivity index (χ3n) is 6.08. The molecule has 1 aromatic rings. The van der Waals surface area contributed by atoms with Crippen molar-refractivity contribution in [2.45, 2.75) is 77.7 Å². The topological polar surface area (TPSA) is 79.5 Å². The zero-order valence-corrected chi connectivity index (χ0v) is 27.1. The maximum Gasteiger partial charge on any atom is 0.263 e. The molecule has 0 aliphatic rings. The molecule has 0 aliphatic heterocycles. The summed E-state index contributed by atoms with van der Waals surface area (Å²) in [5.74, 6) is 0.418. The number of carbonyl (C=O) groups is 2. The minimum atomic E-state index is -1.01. The van der Waals surface area contributed by atoms with Crippen LogP contribution in [0.25, 0.3) is 0 Å². The van der Waals surface area contributed by atoms with Crippen molar-refractivity contribution in [1.29, 1.82) is 0 Å². The van der Waals surface area contributed by atoms with Crippen molar-refractivity contribution >= 4 is 23.4 Å². The summed E-state index contributed by atoms with van der Waals surface area (Å²) in [7, 11) is 0. The molecule has 0 aliphatic carbocycles. The van der Waals surface area contributed by atoms with E-state index in [0.29, 0.717) is 43.4 Å². The molecule has 0 radical (unpaired) electrons. The molecule has 43 heavy (non-hydrogen) atoms. The maximum atomic E-state index is 12.5. The Morgan fingerprint density at radius 2 is 1.16 bits per heavy atom. The lowest BCUT2D eigenvalue weighted by Gasteiger charge is -2.25. The van der Waals surface area contributed by atoms with E-state index in [1.54, 1.807) is 38.1 Å². The normalized spacial score (nSPS) is 12.6. The lowest BCUT2D eigenvalue weighted by molar-refractivity contribution is -0.134. The van der Waals surface area contributed by atoms with Crippen molar-refractivity contribution in [1.82, 2.24) is 16.0 Å². The number of nitrogens with one attached hydrogen (secondary N) is 3. The first-order chi connectivity index (χ1) is 20.8. The van der Waals surface area contributed by atoms with E-state index < -0.39 is 5.60 Å². The van der Waals surface area contributed by atoms with E-state index >= 15 is 0 Å². The van der Waals surface area contributed by atoms with Gasteiger partial charge in [-0.2, -0.15) is 0 Å². The minimum absolute atomic E-state index is 0.0377. The summed E-state index contributed by atoms with van der Waals surface area (Å²) in [6, 6.07) is 6.91. The van der Waals surface area contributed by atoms with E-state index in [9.17, 15) is 9.59 Å². The highest BCUT2D eigenvalue weighted by Crippen LogP contribution is 2.20. The van der Waals surface area contributed by atoms with Crippen molar-refractivity contribution in [3.63, 3.8) is 0 Å². The third kappa shape index (κ3) is 21.9. The maximum absolute atomic E-state index is 12.5. The van der Waals surface area contributed by atoms with Gasteiger partial charge < -0.3 is 20.7 Å². The molecule has 3 N–H and O–H groups in total. The van der Waals surface area contributed by atoms with Gasteiger partial charge in [-0.15, -0.1) is 0 Å². The smallest absolute Gasteiger partial charge is 0.263 e. The largest absolute Gasteiger partial charge is 0.478 e. The second kappa shape index (κ2) is 25.2. The van der Waals surface area contributed by atoms with Crippen LogP contribution in [-0.4, -0.2) is 43.6 Å². The summed E-state index contributed by atoms with van der Waals surface area (Å²) in [4.78, 5) is 24.5. The van der Waals surface area contributed by atoms with Gasteiger partial charge in [0, 0.05) is 37.6 Å². The van der Waals surface area contributed by atoms with Crippen LogP contribution in [0.15, 0.2) is 97.2 Å². The quantitative estimate of drug-likeness (QED) is 0.0874. The van der Waals surface area contributed by atoms with Gasteiger partial charge in [-0.3, -0.25) is 9.59 Å². The fourth-order valence-corrected chi connectivity index (χ4v) is 3.80. The summed E-state index contributed by atoms with van der Waals surface area (Å²) in [5, 5.41) is 9.61. The summed E-state index contributed by atoms with van der Waals surface area (Å²) < 4.78 is 5.79. The lowest BCUT2D eigenvalue weighted by Crippen LogP contribution is -2.48. The van der Waals surface area contributed by atoms with Crippen LogP contribution in [-0.2, 0) is 9.59 Å². The molecule has 0 saturated heterocycles. The van der Waals surface area contributed by atoms with Crippen LogP contribution >= 0.6 is 11.6 Å². The van der Waals surface area contributed by atoms with Crippen molar-refractivity contribution in [2.24, 2.45) is 0 Å². The van der Waals surface area contributed by atoms with Crippen molar-refractivity contribution < 1.29 is 14.3 Å². The Labute approximate surface area is 265 Å². The third-order valence-corrected chi connectivity index (χ3v) is 6.33. The van der Waals surface area contributed by atoms with E-state index in [1.807, 2.05) is 0 Å².